The third-order valence-corrected chi connectivity index (χ3v) is 324. The molecule has 0 amide bonds. The van der Waals surface area contributed by atoms with E-state index in [0.717, 1.165) is 0 Å². The van der Waals surface area contributed by atoms with E-state index in [-0.39, 0.29) is 0 Å². The zero-order valence-corrected chi connectivity index (χ0v) is 180. The number of hydrogen-bond donors (Lipinski definition) is 0. The quantitative estimate of drug-likeness (QED) is 0.326. The fourth-order valence-corrected chi connectivity index (χ4v) is 394. The SMILES string of the molecule is S=S=S=S=S=S=S=S=S=S=S=S=S=S=S=S=S=S=S=S=S=S=S=S=S=S=S=S=S=S=S=S=S=S=S=S=S=S=S=S=S=S=S=S=S=S=S=S=S=S=S=S=S=S=S=S=S=S=S=S=S=S=S=S=S=S=S=S=S=S=S=S=S=S=S=S=S=S=S=S=S=S=S=S=S=S=S=S=S=S=S=S=S=S=S=S=S=S=S=S=S=S=S=S=S=S=S=S=S=S=S=S=S=S=S=S=S=S=S=S=S=S=S=S=S=S=S=S=S=S=S=S=S=S=S=S=S=S=S=S=S=S=S=S=S=S=S. The van der Waals surface area contributed by atoms with E-state index in [1.165, 1.54) is 17.8 Å². The van der Waals surface area contributed by atoms with Crippen LogP contribution in [0.1, 0.15) is 0 Å². The molecule has 0 radical (unpaired) electrons. The molecule has 0 heterocycles. The molecule has 0 fully saturated rings. The Morgan fingerprint density at radius 3 is 0.0748 bits per heavy atom. The zero-order valence-electron chi connectivity index (χ0n) is 60.0. The van der Waals surface area contributed by atoms with Gasteiger partial charge in [-0.2, -0.15) is 0 Å². The van der Waals surface area contributed by atoms with Crippen molar-refractivity contribution < 1.29 is 0 Å². The molecule has 0 saturated heterocycles. The molecule has 882 valence electrons. The summed E-state index contributed by atoms with van der Waals surface area (Å²) in [5, 5.41) is 0. The van der Waals surface area contributed by atoms with Gasteiger partial charge in [0.25, 0.3) is 0 Å². The minimum absolute atomic E-state index is 1.37. The second-order valence-electron chi connectivity index (χ2n) is 9.87. The van der Waals surface area contributed by atoms with Gasteiger partial charge >= 0.3 is 0 Å². The first-order valence-corrected chi connectivity index (χ1v) is 219. The molecule has 0 atom stereocenters. The van der Waals surface area contributed by atoms with Crippen molar-refractivity contribution >= 4 is 1310 Å². The lowest BCUT2D eigenvalue weighted by atomic mass is 30.7. The molecule has 0 saturated carbocycles. The van der Waals surface area contributed by atoms with Gasteiger partial charge in [0.15, 0.2) is 0 Å². The highest BCUT2D eigenvalue weighted by molar-refractivity contribution is 8.92. The van der Waals surface area contributed by atoms with Gasteiger partial charge in [0.1, 0.15) is 0 Å². The van der Waals surface area contributed by atoms with Crippen LogP contribution >= 0.6 is 0 Å². The molecular formula is S147. The third-order valence-electron chi connectivity index (χ3n) is 4.00. The minimum atomic E-state index is 1.37. The topological polar surface area (TPSA) is 0 Å². The van der Waals surface area contributed by atoms with Crippen LogP contribution in [0, 0.1) is 0 Å². The lowest BCUT2D eigenvalue weighted by Gasteiger charge is -1.41. The lowest BCUT2D eigenvalue weighted by molar-refractivity contribution is 5.95. The summed E-state index contributed by atoms with van der Waals surface area (Å²) in [5.74, 6) is 0. The standard InChI is InChI=1S/S147/c1-3-5-7-9-11-13-15-17-19-21-23-25-27-29-31-33-35-37-39-41-43-45-47-49-51-53-55-57-59-61-63-65-67-69-71-73-75-77-79-81-83-85-87-89-91-93-95-97-99-101-103-105-107-109-111-113-115-117-119-121-123-125-127-129-131-133-135-137-139-141-143-145-147-146-144-142-140-138-136-134-132-130-128-126-124-122-120-118-116-114-112-110-108-106-104-102-100-98-96-94-92-90-88-86-84-82-80-78-76-74-72-70-68-66-64-62-60-58-56-54-52-50-48-46-44-42-40-38-36-34-32-30-28-26-24-22-20-18-16-14-12-10-8-6-4-2. The first-order chi connectivity index (χ1) is 73.4. The average molecular weight is 4710 g/mol. The van der Waals surface area contributed by atoms with Gasteiger partial charge in [-0.25, -0.2) is 0 Å². The second-order valence-corrected chi connectivity index (χ2v) is 266. The highest BCUT2D eigenvalue weighted by Gasteiger charge is 1.55. The molecule has 0 spiro atoms. The normalized spacial score (nSPS) is 7.92. The van der Waals surface area contributed by atoms with Gasteiger partial charge < -0.3 is 0 Å². The van der Waals surface area contributed by atoms with Crippen LogP contribution in [0.4, 0.5) is 0 Å². The second kappa shape index (κ2) is 178. The van der Waals surface area contributed by atoms with Crippen molar-refractivity contribution in [1.82, 2.24) is 0 Å². The van der Waals surface area contributed by atoms with E-state index in [9.17, 15) is 0 Å². The Kier molecular flexibility index (Phi) is 218. The predicted octanol–water partition coefficient (Wildman–Crippen LogP) is -0.353. The van der Waals surface area contributed by atoms with Crippen molar-refractivity contribution in [2.45, 2.75) is 0 Å². The molecule has 0 nitrogen and oxygen atoms in total. The summed E-state index contributed by atoms with van der Waals surface area (Å²) in [5.41, 5.74) is 0. The Hall–Kier alpha value is 32.3. The molecule has 147 heavy (non-hydrogen) atoms. The smallest absolute Gasteiger partial charge is 0 e. The molecule has 0 aliphatic heterocycles. The van der Waals surface area contributed by atoms with Crippen molar-refractivity contribution in [3.63, 3.8) is 0 Å². The Balaban J connectivity index is 6.21. The maximum absolute atomic E-state index is 4.84. The van der Waals surface area contributed by atoms with E-state index in [0.29, 0.717) is 0 Å². The van der Waals surface area contributed by atoms with Crippen LogP contribution in [0.15, 0.2) is 0 Å². The van der Waals surface area contributed by atoms with E-state index in [2.05, 4.69) is 0 Å². The van der Waals surface area contributed by atoms with E-state index < -0.39 is 0 Å². The fraction of sp³-hybridized carbons (Fsp3) is 0. The maximum Gasteiger partial charge on any atom is 0 e. The largest absolute Gasteiger partial charge is 0 e. The minimum Gasteiger partial charge on any atom is 0 e. The average Bonchev–Trinajstić information content (AvgIpc) is 1.11. The molecule has 0 N–H and O–H groups in total. The van der Waals surface area contributed by atoms with E-state index in [4.69, 9.17) is 22.4 Å². The van der Waals surface area contributed by atoms with Gasteiger partial charge in [-0.15, -0.1) is 0 Å². The van der Waals surface area contributed by atoms with Crippen LogP contribution in [0.25, 0.3) is 0 Å². The maximum atomic E-state index is 4.84. The molecule has 0 aromatic heterocycles. The van der Waals surface area contributed by atoms with Crippen LogP contribution in [0.3, 0.4) is 0 Å². The highest BCUT2D eigenvalue weighted by atomic mass is 33.6. The lowest BCUT2D eigenvalue weighted by Crippen LogP contribution is -1.42. The van der Waals surface area contributed by atoms with Gasteiger partial charge in [-0.3, -0.25) is 0 Å². The van der Waals surface area contributed by atoms with E-state index in [1.54, 1.807) is 107 Å². The summed E-state index contributed by atoms with van der Waals surface area (Å²) in [4.78, 5) is 0. The highest BCUT2D eigenvalue weighted by Crippen LogP contribution is 1.55. The van der Waals surface area contributed by atoms with Crippen molar-refractivity contribution in [1.29, 1.82) is 0 Å². The Labute approximate surface area is 1270 Å². The molecule has 147 heteroatoms. The molecule has 0 aliphatic rings. The zero-order chi connectivity index (χ0) is 105. The van der Waals surface area contributed by atoms with Crippen LogP contribution in [-0.2, 0) is 1310 Å². The fourth-order valence-electron chi connectivity index (χ4n) is 1.62. The Morgan fingerprint density at radius 2 is 0.0544 bits per heavy atom. The van der Waals surface area contributed by atoms with Gasteiger partial charge in [-0.1, -0.05) is 0 Å². The summed E-state index contributed by atoms with van der Waals surface area (Å²) in [6.07, 6.45) is 0. The van der Waals surface area contributed by atoms with Gasteiger partial charge in [0, 0.05) is 1310 Å². The first kappa shape index (κ1) is 179. The van der Waals surface area contributed by atoms with E-state index >= 15 is 0 Å². The predicted molar refractivity (Wildman–Crippen MR) is 1080 cm³/mol. The van der Waals surface area contributed by atoms with Crippen molar-refractivity contribution in [2.24, 2.45) is 0 Å². The summed E-state index contributed by atoms with van der Waals surface area (Å²) < 4.78 is 0. The molecule has 0 aromatic carbocycles. The summed E-state index contributed by atoms with van der Waals surface area (Å²) >= 11 is 9.67. The molecule has 0 unspecified atom stereocenters. The van der Waals surface area contributed by atoms with Crippen LogP contribution in [-0.4, -0.2) is 0 Å². The molecular weight excluding hydrogens is 4710 g/mol. The van der Waals surface area contributed by atoms with E-state index in [1.807, 2.05) is 1160 Å². The monoisotopic (exact) mass is 4700 g/mol. The molecule has 0 aliphatic carbocycles. The van der Waals surface area contributed by atoms with Crippen molar-refractivity contribution in [3.05, 3.63) is 0 Å². The molecule has 0 bridgehead atoms. The number of rotatable bonds is 0. The van der Waals surface area contributed by atoms with Crippen molar-refractivity contribution in [2.75, 3.05) is 0 Å². The van der Waals surface area contributed by atoms with Crippen LogP contribution in [0.5, 0.6) is 0 Å². The van der Waals surface area contributed by atoms with Crippen molar-refractivity contribution in [3.8, 4) is 0 Å². The molecule has 0 aromatic rings. The molecule has 0 rings (SSSR count). The third kappa shape index (κ3) is 178. The summed E-state index contributed by atoms with van der Waals surface area (Å²) in [6, 6.07) is 0. The van der Waals surface area contributed by atoms with Crippen LogP contribution < -0.4 is 0 Å². The number of hydrogen-bond acceptors (Lipinski definition) is 2. The summed E-state index contributed by atoms with van der Waals surface area (Å²) in [7, 11) is 263. The van der Waals surface area contributed by atoms with Crippen LogP contribution in [0.2, 0.25) is 0 Å². The summed E-state index contributed by atoms with van der Waals surface area (Å²) in [6.45, 7) is 0. The first-order valence-electron chi connectivity index (χ1n) is 24.3. The van der Waals surface area contributed by atoms with Gasteiger partial charge in [-0.05, 0) is 0 Å². The van der Waals surface area contributed by atoms with Gasteiger partial charge in [0.2, 0.25) is 0 Å². The Morgan fingerprint density at radius 1 is 0.0340 bits per heavy atom. The van der Waals surface area contributed by atoms with Gasteiger partial charge in [0.05, 0.1) is 0 Å². The Bertz CT molecular complexity index is 10800.